The molecular formula is C9H11BrN2O2. The van der Waals surface area contributed by atoms with E-state index in [0.29, 0.717) is 12.5 Å². The van der Waals surface area contributed by atoms with Crippen LogP contribution in [0.1, 0.15) is 12.8 Å². The number of ether oxygens (including phenoxy) is 2. The predicted molar refractivity (Wildman–Crippen MR) is 54.2 cm³/mol. The van der Waals surface area contributed by atoms with Crippen molar-refractivity contribution in [2.45, 2.75) is 18.9 Å². The van der Waals surface area contributed by atoms with Gasteiger partial charge in [0.1, 0.15) is 12.9 Å². The second kappa shape index (κ2) is 4.70. The number of hydrogen-bond donors (Lipinski definition) is 0. The zero-order valence-corrected chi connectivity index (χ0v) is 9.24. The van der Waals surface area contributed by atoms with Crippen molar-refractivity contribution in [1.82, 2.24) is 9.97 Å². The molecule has 2 heterocycles. The van der Waals surface area contributed by atoms with Gasteiger partial charge in [0.2, 0.25) is 5.88 Å². The van der Waals surface area contributed by atoms with Gasteiger partial charge in [-0.15, -0.1) is 0 Å². The monoisotopic (exact) mass is 258 g/mol. The first-order chi connectivity index (χ1) is 6.86. The highest BCUT2D eigenvalue weighted by atomic mass is 79.9. The van der Waals surface area contributed by atoms with Gasteiger partial charge in [0.05, 0.1) is 10.6 Å². The smallest absolute Gasteiger partial charge is 0.231 e. The SMILES string of the molecule is Brc1cncnc1OCC1CCCO1. The Kier molecular flexibility index (Phi) is 3.31. The average molecular weight is 259 g/mol. The molecule has 4 nitrogen and oxygen atoms in total. The lowest BCUT2D eigenvalue weighted by molar-refractivity contribution is 0.0660. The molecule has 14 heavy (non-hydrogen) atoms. The van der Waals surface area contributed by atoms with Crippen LogP contribution in [-0.4, -0.2) is 29.3 Å². The third-order valence-corrected chi connectivity index (χ3v) is 2.61. The summed E-state index contributed by atoms with van der Waals surface area (Å²) < 4.78 is 11.7. The molecular weight excluding hydrogens is 248 g/mol. The summed E-state index contributed by atoms with van der Waals surface area (Å²) in [6.45, 7) is 1.41. The van der Waals surface area contributed by atoms with Gasteiger partial charge in [-0.25, -0.2) is 9.97 Å². The van der Waals surface area contributed by atoms with E-state index in [1.807, 2.05) is 0 Å². The second-order valence-electron chi connectivity index (χ2n) is 3.12. The maximum atomic E-state index is 5.50. The Balaban J connectivity index is 1.88. The van der Waals surface area contributed by atoms with E-state index in [0.717, 1.165) is 23.9 Å². The summed E-state index contributed by atoms with van der Waals surface area (Å²) in [6.07, 6.45) is 5.55. The second-order valence-corrected chi connectivity index (χ2v) is 3.98. The van der Waals surface area contributed by atoms with Crippen molar-refractivity contribution in [3.05, 3.63) is 17.0 Å². The first-order valence-electron chi connectivity index (χ1n) is 4.56. The highest BCUT2D eigenvalue weighted by Crippen LogP contribution is 2.21. The van der Waals surface area contributed by atoms with Crippen molar-refractivity contribution in [3.63, 3.8) is 0 Å². The summed E-state index contributed by atoms with van der Waals surface area (Å²) in [7, 11) is 0. The molecule has 0 saturated carbocycles. The number of rotatable bonds is 3. The topological polar surface area (TPSA) is 44.2 Å². The van der Waals surface area contributed by atoms with Gasteiger partial charge in [-0.2, -0.15) is 0 Å². The van der Waals surface area contributed by atoms with Crippen LogP contribution in [0.3, 0.4) is 0 Å². The molecule has 1 aliphatic rings. The molecule has 2 rings (SSSR count). The van der Waals surface area contributed by atoms with Gasteiger partial charge in [-0.1, -0.05) is 0 Å². The molecule has 5 heteroatoms. The van der Waals surface area contributed by atoms with Gasteiger partial charge < -0.3 is 9.47 Å². The van der Waals surface area contributed by atoms with Gasteiger partial charge in [-0.05, 0) is 28.8 Å². The van der Waals surface area contributed by atoms with Crippen LogP contribution in [0.2, 0.25) is 0 Å². The van der Waals surface area contributed by atoms with E-state index < -0.39 is 0 Å². The lowest BCUT2D eigenvalue weighted by Gasteiger charge is -2.10. The lowest BCUT2D eigenvalue weighted by atomic mass is 10.2. The van der Waals surface area contributed by atoms with Gasteiger partial charge in [0.15, 0.2) is 0 Å². The molecule has 0 radical (unpaired) electrons. The fourth-order valence-electron chi connectivity index (χ4n) is 1.36. The standard InChI is InChI=1S/C9H11BrN2O2/c10-8-4-11-6-12-9(8)14-5-7-2-1-3-13-7/h4,6-7H,1-3,5H2. The quantitative estimate of drug-likeness (QED) is 0.830. The first kappa shape index (κ1) is 9.86. The van der Waals surface area contributed by atoms with Gasteiger partial charge in [0.25, 0.3) is 0 Å². The van der Waals surface area contributed by atoms with Crippen LogP contribution in [0.5, 0.6) is 5.88 Å². The average Bonchev–Trinajstić information content (AvgIpc) is 2.69. The van der Waals surface area contributed by atoms with E-state index in [4.69, 9.17) is 9.47 Å². The van der Waals surface area contributed by atoms with Crippen LogP contribution in [0.25, 0.3) is 0 Å². The van der Waals surface area contributed by atoms with Crippen molar-refractivity contribution in [3.8, 4) is 5.88 Å². The van der Waals surface area contributed by atoms with Crippen LogP contribution < -0.4 is 4.74 Å². The van der Waals surface area contributed by atoms with Crippen molar-refractivity contribution < 1.29 is 9.47 Å². The van der Waals surface area contributed by atoms with Crippen molar-refractivity contribution in [1.29, 1.82) is 0 Å². The Bertz CT molecular complexity index is 303. The van der Waals surface area contributed by atoms with Gasteiger partial charge in [-0.3, -0.25) is 0 Å². The first-order valence-corrected chi connectivity index (χ1v) is 5.35. The Morgan fingerprint density at radius 2 is 2.57 bits per heavy atom. The zero-order chi connectivity index (χ0) is 9.80. The maximum absolute atomic E-state index is 5.50. The molecule has 1 aliphatic heterocycles. The Morgan fingerprint density at radius 3 is 3.29 bits per heavy atom. The molecule has 1 aromatic heterocycles. The largest absolute Gasteiger partial charge is 0.474 e. The number of halogens is 1. The Labute approximate surface area is 90.8 Å². The van der Waals surface area contributed by atoms with Crippen molar-refractivity contribution in [2.24, 2.45) is 0 Å². The van der Waals surface area contributed by atoms with Crippen molar-refractivity contribution in [2.75, 3.05) is 13.2 Å². The third-order valence-electron chi connectivity index (χ3n) is 2.06. The molecule has 0 N–H and O–H groups in total. The number of nitrogens with zero attached hydrogens (tertiary/aromatic N) is 2. The molecule has 1 saturated heterocycles. The molecule has 1 aromatic rings. The molecule has 1 unspecified atom stereocenters. The van der Waals surface area contributed by atoms with Crippen LogP contribution >= 0.6 is 15.9 Å². The molecule has 0 aliphatic carbocycles. The summed E-state index contributed by atoms with van der Waals surface area (Å²) in [5.74, 6) is 0.579. The summed E-state index contributed by atoms with van der Waals surface area (Å²) in [4.78, 5) is 7.86. The molecule has 76 valence electrons. The third kappa shape index (κ3) is 2.42. The van der Waals surface area contributed by atoms with Crippen LogP contribution in [0.15, 0.2) is 17.0 Å². The van der Waals surface area contributed by atoms with Crippen LogP contribution in [0.4, 0.5) is 0 Å². The minimum Gasteiger partial charge on any atom is -0.474 e. The molecule has 0 amide bonds. The van der Waals surface area contributed by atoms with Crippen LogP contribution in [0, 0.1) is 0 Å². The Hall–Kier alpha value is -0.680. The Morgan fingerprint density at radius 1 is 1.64 bits per heavy atom. The molecule has 1 fully saturated rings. The minimum absolute atomic E-state index is 0.219. The van der Waals surface area contributed by atoms with E-state index in [1.165, 1.54) is 6.33 Å². The van der Waals surface area contributed by atoms with E-state index in [1.54, 1.807) is 6.20 Å². The van der Waals surface area contributed by atoms with E-state index in [-0.39, 0.29) is 6.10 Å². The van der Waals surface area contributed by atoms with E-state index in [9.17, 15) is 0 Å². The maximum Gasteiger partial charge on any atom is 0.231 e. The summed E-state index contributed by atoms with van der Waals surface area (Å²) in [5.41, 5.74) is 0. The number of hydrogen-bond acceptors (Lipinski definition) is 4. The lowest BCUT2D eigenvalue weighted by Crippen LogP contribution is -2.16. The van der Waals surface area contributed by atoms with E-state index >= 15 is 0 Å². The van der Waals surface area contributed by atoms with Crippen molar-refractivity contribution >= 4 is 15.9 Å². The molecule has 0 aromatic carbocycles. The minimum atomic E-state index is 0.219. The molecule has 1 atom stereocenters. The highest BCUT2D eigenvalue weighted by Gasteiger charge is 2.16. The number of aromatic nitrogens is 2. The molecule has 0 bridgehead atoms. The van der Waals surface area contributed by atoms with Gasteiger partial charge >= 0.3 is 0 Å². The fraction of sp³-hybridized carbons (Fsp3) is 0.556. The van der Waals surface area contributed by atoms with Gasteiger partial charge in [0, 0.05) is 12.8 Å². The summed E-state index contributed by atoms with van der Waals surface area (Å²) >= 11 is 3.32. The molecule has 0 spiro atoms. The van der Waals surface area contributed by atoms with E-state index in [2.05, 4.69) is 25.9 Å². The normalized spacial score (nSPS) is 21.1. The summed E-state index contributed by atoms with van der Waals surface area (Å²) in [6, 6.07) is 0. The predicted octanol–water partition coefficient (Wildman–Crippen LogP) is 1.80. The zero-order valence-electron chi connectivity index (χ0n) is 7.65. The van der Waals surface area contributed by atoms with Crippen LogP contribution in [-0.2, 0) is 4.74 Å². The fourth-order valence-corrected chi connectivity index (χ4v) is 1.69. The highest BCUT2D eigenvalue weighted by molar-refractivity contribution is 9.10. The summed E-state index contributed by atoms with van der Waals surface area (Å²) in [5, 5.41) is 0.